The van der Waals surface area contributed by atoms with Crippen molar-refractivity contribution in [3.05, 3.63) is 35.1 Å². The molecule has 0 spiro atoms. The van der Waals surface area contributed by atoms with Crippen LogP contribution in [0.5, 0.6) is 0 Å². The van der Waals surface area contributed by atoms with E-state index < -0.39 is 0 Å². The molecule has 0 aliphatic rings. The maximum absolute atomic E-state index is 4.72. The van der Waals surface area contributed by atoms with Crippen molar-refractivity contribution in [3.63, 3.8) is 0 Å². The van der Waals surface area contributed by atoms with Gasteiger partial charge in [0.2, 0.25) is 0 Å². The molecule has 4 heteroatoms. The maximum atomic E-state index is 4.72. The standard InChI is InChI=1S/C14H19N3S/c1-4-12-13(9-16-10(2)3)18-14(17-12)11-6-5-7-15-8-11/h5-8,10,16H,4,9H2,1-3H3. The molecule has 1 N–H and O–H groups in total. The topological polar surface area (TPSA) is 37.8 Å². The molecule has 18 heavy (non-hydrogen) atoms. The molecule has 2 aromatic heterocycles. The summed E-state index contributed by atoms with van der Waals surface area (Å²) in [6.07, 6.45) is 4.64. The van der Waals surface area contributed by atoms with Crippen LogP contribution in [0.3, 0.4) is 0 Å². The van der Waals surface area contributed by atoms with E-state index in [-0.39, 0.29) is 0 Å². The Kier molecular flexibility index (Phi) is 4.44. The van der Waals surface area contributed by atoms with Gasteiger partial charge in [-0.15, -0.1) is 11.3 Å². The van der Waals surface area contributed by atoms with E-state index in [2.05, 4.69) is 37.1 Å². The SMILES string of the molecule is CCc1nc(-c2cccnc2)sc1CNC(C)C. The van der Waals surface area contributed by atoms with Crippen molar-refractivity contribution in [2.75, 3.05) is 0 Å². The van der Waals surface area contributed by atoms with Gasteiger partial charge in [0.1, 0.15) is 5.01 Å². The first-order chi connectivity index (χ1) is 8.70. The fraction of sp³-hybridized carbons (Fsp3) is 0.429. The predicted octanol–water partition coefficient (Wildman–Crippen LogP) is 3.27. The molecule has 0 aliphatic carbocycles. The molecule has 0 saturated carbocycles. The van der Waals surface area contributed by atoms with Crippen LogP contribution < -0.4 is 5.32 Å². The van der Waals surface area contributed by atoms with Gasteiger partial charge in [0.15, 0.2) is 0 Å². The fourth-order valence-electron chi connectivity index (χ4n) is 1.71. The molecule has 0 fully saturated rings. The van der Waals surface area contributed by atoms with Gasteiger partial charge in [-0.2, -0.15) is 0 Å². The number of pyridine rings is 1. The van der Waals surface area contributed by atoms with Crippen LogP contribution in [0.1, 0.15) is 31.3 Å². The van der Waals surface area contributed by atoms with Crippen LogP contribution in [0.4, 0.5) is 0 Å². The van der Waals surface area contributed by atoms with E-state index in [1.807, 2.05) is 12.3 Å². The van der Waals surface area contributed by atoms with Crippen LogP contribution in [0.25, 0.3) is 10.6 Å². The summed E-state index contributed by atoms with van der Waals surface area (Å²) in [5.74, 6) is 0. The van der Waals surface area contributed by atoms with Crippen LogP contribution >= 0.6 is 11.3 Å². The van der Waals surface area contributed by atoms with Crippen LogP contribution in [-0.2, 0) is 13.0 Å². The Labute approximate surface area is 112 Å². The van der Waals surface area contributed by atoms with Gasteiger partial charge in [0.05, 0.1) is 5.69 Å². The zero-order valence-corrected chi connectivity index (χ0v) is 11.9. The summed E-state index contributed by atoms with van der Waals surface area (Å²) in [6.45, 7) is 7.38. The number of rotatable bonds is 5. The van der Waals surface area contributed by atoms with Crippen molar-refractivity contribution in [2.24, 2.45) is 0 Å². The average molecular weight is 261 g/mol. The number of hydrogen-bond donors (Lipinski definition) is 1. The molecule has 2 rings (SSSR count). The van der Waals surface area contributed by atoms with Gasteiger partial charge < -0.3 is 5.32 Å². The molecule has 0 radical (unpaired) electrons. The molecule has 0 aliphatic heterocycles. The number of thiazole rings is 1. The molecular formula is C14H19N3S. The first kappa shape index (κ1) is 13.2. The summed E-state index contributed by atoms with van der Waals surface area (Å²) in [6, 6.07) is 4.51. The highest BCUT2D eigenvalue weighted by Crippen LogP contribution is 2.27. The third kappa shape index (κ3) is 3.15. The lowest BCUT2D eigenvalue weighted by atomic mass is 10.2. The number of hydrogen-bond acceptors (Lipinski definition) is 4. The Morgan fingerprint density at radius 2 is 2.22 bits per heavy atom. The predicted molar refractivity (Wildman–Crippen MR) is 76.7 cm³/mol. The largest absolute Gasteiger partial charge is 0.310 e. The average Bonchev–Trinajstić information content (AvgIpc) is 2.80. The second-order valence-corrected chi connectivity index (χ2v) is 5.60. The minimum absolute atomic E-state index is 0.499. The van der Waals surface area contributed by atoms with E-state index in [1.165, 1.54) is 10.6 Å². The highest BCUT2D eigenvalue weighted by atomic mass is 32.1. The van der Waals surface area contributed by atoms with E-state index in [0.717, 1.165) is 23.5 Å². The van der Waals surface area contributed by atoms with E-state index in [0.29, 0.717) is 6.04 Å². The lowest BCUT2D eigenvalue weighted by Gasteiger charge is -2.06. The first-order valence-corrected chi connectivity index (χ1v) is 7.14. The van der Waals surface area contributed by atoms with Gasteiger partial charge in [-0.1, -0.05) is 20.8 Å². The van der Waals surface area contributed by atoms with Crippen LogP contribution in [0.15, 0.2) is 24.5 Å². The van der Waals surface area contributed by atoms with Gasteiger partial charge in [0, 0.05) is 35.4 Å². The summed E-state index contributed by atoms with van der Waals surface area (Å²) in [5.41, 5.74) is 2.31. The highest BCUT2D eigenvalue weighted by molar-refractivity contribution is 7.15. The first-order valence-electron chi connectivity index (χ1n) is 6.33. The Morgan fingerprint density at radius 3 is 2.83 bits per heavy atom. The number of nitrogens with one attached hydrogen (secondary N) is 1. The minimum atomic E-state index is 0.499. The summed E-state index contributed by atoms with van der Waals surface area (Å²) in [4.78, 5) is 10.2. The molecule has 0 atom stereocenters. The molecule has 0 bridgehead atoms. The van der Waals surface area contributed by atoms with Crippen molar-refractivity contribution in [1.29, 1.82) is 0 Å². The number of aryl methyl sites for hydroxylation is 1. The normalized spacial score (nSPS) is 11.1. The van der Waals surface area contributed by atoms with Crippen LogP contribution in [-0.4, -0.2) is 16.0 Å². The molecular weight excluding hydrogens is 242 g/mol. The lowest BCUT2D eigenvalue weighted by Crippen LogP contribution is -2.21. The molecule has 2 aromatic rings. The Bertz CT molecular complexity index is 491. The van der Waals surface area contributed by atoms with Crippen LogP contribution in [0.2, 0.25) is 0 Å². The van der Waals surface area contributed by atoms with Crippen molar-refractivity contribution in [1.82, 2.24) is 15.3 Å². The second kappa shape index (κ2) is 6.07. The summed E-state index contributed by atoms with van der Waals surface area (Å²) in [7, 11) is 0. The Balaban J connectivity index is 2.24. The zero-order valence-electron chi connectivity index (χ0n) is 11.1. The van der Waals surface area contributed by atoms with Gasteiger partial charge in [-0.3, -0.25) is 4.98 Å². The molecule has 3 nitrogen and oxygen atoms in total. The van der Waals surface area contributed by atoms with Gasteiger partial charge in [0.25, 0.3) is 0 Å². The molecule has 0 amide bonds. The fourth-order valence-corrected chi connectivity index (χ4v) is 2.80. The Hall–Kier alpha value is -1.26. The van der Waals surface area contributed by atoms with E-state index in [4.69, 9.17) is 4.98 Å². The van der Waals surface area contributed by atoms with E-state index in [1.54, 1.807) is 17.5 Å². The van der Waals surface area contributed by atoms with E-state index in [9.17, 15) is 0 Å². The highest BCUT2D eigenvalue weighted by Gasteiger charge is 2.11. The quantitative estimate of drug-likeness (QED) is 0.897. The van der Waals surface area contributed by atoms with Crippen molar-refractivity contribution in [2.45, 2.75) is 39.8 Å². The van der Waals surface area contributed by atoms with Gasteiger partial charge in [-0.25, -0.2) is 4.98 Å². The van der Waals surface area contributed by atoms with E-state index >= 15 is 0 Å². The van der Waals surface area contributed by atoms with Crippen molar-refractivity contribution >= 4 is 11.3 Å². The monoisotopic (exact) mass is 261 g/mol. The molecule has 96 valence electrons. The third-order valence-corrected chi connectivity index (χ3v) is 3.84. The molecule has 0 saturated heterocycles. The molecule has 0 unspecified atom stereocenters. The van der Waals surface area contributed by atoms with Gasteiger partial charge >= 0.3 is 0 Å². The summed E-state index contributed by atoms with van der Waals surface area (Å²) < 4.78 is 0. The van der Waals surface area contributed by atoms with Crippen molar-refractivity contribution in [3.8, 4) is 10.6 Å². The number of nitrogens with zero attached hydrogens (tertiary/aromatic N) is 2. The van der Waals surface area contributed by atoms with Crippen molar-refractivity contribution < 1.29 is 0 Å². The third-order valence-electron chi connectivity index (χ3n) is 2.69. The smallest absolute Gasteiger partial charge is 0.125 e. The molecule has 2 heterocycles. The van der Waals surface area contributed by atoms with Crippen LogP contribution in [0, 0.1) is 0 Å². The Morgan fingerprint density at radius 1 is 1.39 bits per heavy atom. The summed E-state index contributed by atoms with van der Waals surface area (Å²) >= 11 is 1.77. The second-order valence-electron chi connectivity index (χ2n) is 4.52. The maximum Gasteiger partial charge on any atom is 0.125 e. The lowest BCUT2D eigenvalue weighted by molar-refractivity contribution is 0.590. The molecule has 0 aromatic carbocycles. The number of aromatic nitrogens is 2. The van der Waals surface area contributed by atoms with Gasteiger partial charge in [-0.05, 0) is 18.6 Å². The minimum Gasteiger partial charge on any atom is -0.310 e. The zero-order chi connectivity index (χ0) is 13.0. The summed E-state index contributed by atoms with van der Waals surface area (Å²) in [5, 5.41) is 4.53.